The van der Waals surface area contributed by atoms with Gasteiger partial charge in [0.05, 0.1) is 24.7 Å². The predicted octanol–water partition coefficient (Wildman–Crippen LogP) is 3.74. The molecule has 1 unspecified atom stereocenters. The van der Waals surface area contributed by atoms with E-state index in [1.807, 2.05) is 45.0 Å². The lowest BCUT2D eigenvalue weighted by molar-refractivity contribution is -0.115. The lowest BCUT2D eigenvalue weighted by Crippen LogP contribution is -2.24. The summed E-state index contributed by atoms with van der Waals surface area (Å²) in [5.41, 5.74) is 0. The van der Waals surface area contributed by atoms with Crippen LogP contribution in [0.15, 0.2) is 35.4 Å². The Labute approximate surface area is 151 Å². The van der Waals surface area contributed by atoms with Crippen LogP contribution in [0.2, 0.25) is 0 Å². The molecule has 2 heterocycles. The van der Waals surface area contributed by atoms with E-state index in [1.165, 1.54) is 11.8 Å². The molecular formula is C18H23N3O3S. The molecule has 7 heteroatoms. The van der Waals surface area contributed by atoms with E-state index in [9.17, 15) is 4.79 Å². The van der Waals surface area contributed by atoms with Gasteiger partial charge >= 0.3 is 0 Å². The summed E-state index contributed by atoms with van der Waals surface area (Å²) in [6.07, 6.45) is 2.57. The zero-order valence-electron chi connectivity index (χ0n) is 14.7. The van der Waals surface area contributed by atoms with E-state index in [0.717, 1.165) is 22.8 Å². The number of nitrogens with zero attached hydrogens (tertiary/aromatic N) is 2. The molecule has 0 radical (unpaired) electrons. The van der Waals surface area contributed by atoms with Gasteiger partial charge in [0.25, 0.3) is 0 Å². The van der Waals surface area contributed by atoms with Gasteiger partial charge in [-0.15, -0.1) is 11.8 Å². The monoisotopic (exact) mass is 361 g/mol. The number of hydrogen-bond donors (Lipinski definition) is 1. The molecule has 1 aliphatic heterocycles. The number of hydrogen-bond acceptors (Lipinski definition) is 5. The zero-order chi connectivity index (χ0) is 17.8. The SMILES string of the molecule is CC(Sc1ccc2c(c1)OCCCO2)C(=O)Nc1ccnn1C(C)C. The van der Waals surface area contributed by atoms with Crippen molar-refractivity contribution in [1.29, 1.82) is 0 Å². The Morgan fingerprint density at radius 1 is 1.20 bits per heavy atom. The fraction of sp³-hybridized carbons (Fsp3) is 0.444. The van der Waals surface area contributed by atoms with Gasteiger partial charge in [0.15, 0.2) is 11.5 Å². The van der Waals surface area contributed by atoms with E-state index in [2.05, 4.69) is 10.4 Å². The minimum atomic E-state index is -0.250. The fourth-order valence-corrected chi connectivity index (χ4v) is 3.42. The number of nitrogens with one attached hydrogen (secondary N) is 1. The number of ether oxygens (including phenoxy) is 2. The van der Waals surface area contributed by atoms with Crippen molar-refractivity contribution in [3.05, 3.63) is 30.5 Å². The summed E-state index contributed by atoms with van der Waals surface area (Å²) in [6, 6.07) is 7.80. The van der Waals surface area contributed by atoms with E-state index < -0.39 is 0 Å². The smallest absolute Gasteiger partial charge is 0.238 e. The lowest BCUT2D eigenvalue weighted by atomic mass is 10.3. The van der Waals surface area contributed by atoms with Crippen LogP contribution in [0.25, 0.3) is 0 Å². The fourth-order valence-electron chi connectivity index (χ4n) is 2.53. The average molecular weight is 361 g/mol. The summed E-state index contributed by atoms with van der Waals surface area (Å²) in [6.45, 7) is 7.26. The summed E-state index contributed by atoms with van der Waals surface area (Å²) in [7, 11) is 0. The number of fused-ring (bicyclic) bond motifs is 1. The Balaban J connectivity index is 1.65. The second kappa shape index (κ2) is 7.82. The molecule has 1 atom stereocenters. The topological polar surface area (TPSA) is 65.4 Å². The minimum absolute atomic E-state index is 0.0560. The summed E-state index contributed by atoms with van der Waals surface area (Å²) in [4.78, 5) is 13.5. The second-order valence-corrected chi connectivity index (χ2v) is 7.58. The molecule has 1 aliphatic rings. The van der Waals surface area contributed by atoms with Crippen molar-refractivity contribution in [3.8, 4) is 11.5 Å². The highest BCUT2D eigenvalue weighted by Crippen LogP contribution is 2.35. The maximum atomic E-state index is 12.5. The van der Waals surface area contributed by atoms with E-state index in [-0.39, 0.29) is 17.2 Å². The molecule has 0 aliphatic carbocycles. The summed E-state index contributed by atoms with van der Waals surface area (Å²) in [5.74, 6) is 2.17. The van der Waals surface area contributed by atoms with Crippen molar-refractivity contribution < 1.29 is 14.3 Å². The Kier molecular flexibility index (Phi) is 5.53. The largest absolute Gasteiger partial charge is 0.490 e. The zero-order valence-corrected chi connectivity index (χ0v) is 15.5. The molecule has 1 aromatic heterocycles. The van der Waals surface area contributed by atoms with E-state index in [1.54, 1.807) is 10.9 Å². The van der Waals surface area contributed by atoms with Crippen LogP contribution in [0.1, 0.15) is 33.2 Å². The molecule has 0 saturated carbocycles. The maximum Gasteiger partial charge on any atom is 0.238 e. The van der Waals surface area contributed by atoms with Crippen LogP contribution in [-0.4, -0.2) is 34.2 Å². The van der Waals surface area contributed by atoms with E-state index in [0.29, 0.717) is 19.0 Å². The Hall–Kier alpha value is -2.15. The van der Waals surface area contributed by atoms with Gasteiger partial charge in [0.1, 0.15) is 5.82 Å². The number of carbonyl (C=O) groups excluding carboxylic acids is 1. The van der Waals surface area contributed by atoms with Gasteiger partial charge in [-0.2, -0.15) is 5.10 Å². The van der Waals surface area contributed by atoms with Gasteiger partial charge in [-0.25, -0.2) is 4.68 Å². The molecular weight excluding hydrogens is 338 g/mol. The van der Waals surface area contributed by atoms with Gasteiger partial charge < -0.3 is 14.8 Å². The normalized spacial score (nSPS) is 14.9. The number of anilines is 1. The van der Waals surface area contributed by atoms with Crippen LogP contribution >= 0.6 is 11.8 Å². The number of carbonyl (C=O) groups is 1. The first-order chi connectivity index (χ1) is 12.0. The van der Waals surface area contributed by atoms with Crippen LogP contribution < -0.4 is 14.8 Å². The maximum absolute atomic E-state index is 12.5. The number of thioether (sulfide) groups is 1. The van der Waals surface area contributed by atoms with Crippen molar-refractivity contribution in [2.45, 2.75) is 43.4 Å². The molecule has 25 heavy (non-hydrogen) atoms. The second-order valence-electron chi connectivity index (χ2n) is 6.16. The highest BCUT2D eigenvalue weighted by molar-refractivity contribution is 8.00. The van der Waals surface area contributed by atoms with E-state index in [4.69, 9.17) is 9.47 Å². The lowest BCUT2D eigenvalue weighted by Gasteiger charge is -2.15. The quantitative estimate of drug-likeness (QED) is 0.822. The first-order valence-electron chi connectivity index (χ1n) is 8.45. The Morgan fingerprint density at radius 3 is 2.72 bits per heavy atom. The van der Waals surface area contributed by atoms with Gasteiger partial charge in [0.2, 0.25) is 5.91 Å². The molecule has 2 aromatic rings. The van der Waals surface area contributed by atoms with Crippen molar-refractivity contribution in [1.82, 2.24) is 9.78 Å². The summed E-state index contributed by atoms with van der Waals surface area (Å²) in [5, 5.41) is 6.93. The number of amides is 1. The third kappa shape index (κ3) is 4.28. The number of aromatic nitrogens is 2. The van der Waals surface area contributed by atoms with Crippen LogP contribution in [0.3, 0.4) is 0 Å². The number of benzene rings is 1. The molecule has 134 valence electrons. The summed E-state index contributed by atoms with van der Waals surface area (Å²) < 4.78 is 13.1. The number of rotatable bonds is 5. The van der Waals surface area contributed by atoms with Gasteiger partial charge in [0, 0.05) is 23.4 Å². The highest BCUT2D eigenvalue weighted by atomic mass is 32.2. The van der Waals surface area contributed by atoms with Crippen LogP contribution in [0.4, 0.5) is 5.82 Å². The molecule has 1 amide bonds. The molecule has 0 bridgehead atoms. The molecule has 0 spiro atoms. The third-order valence-electron chi connectivity index (χ3n) is 3.81. The Bertz CT molecular complexity index is 745. The highest BCUT2D eigenvalue weighted by Gasteiger charge is 2.18. The standard InChI is InChI=1S/C18H23N3O3S/c1-12(2)21-17(7-8-19-21)20-18(22)13(3)25-14-5-6-15-16(11-14)24-10-4-9-23-15/h5-8,11-13H,4,9-10H2,1-3H3,(H,20,22). The predicted molar refractivity (Wildman–Crippen MR) is 98.6 cm³/mol. The Morgan fingerprint density at radius 2 is 1.96 bits per heavy atom. The molecule has 1 N–H and O–H groups in total. The van der Waals surface area contributed by atoms with Crippen molar-refractivity contribution in [2.75, 3.05) is 18.5 Å². The molecule has 0 saturated heterocycles. The van der Waals surface area contributed by atoms with Crippen LogP contribution in [0, 0.1) is 0 Å². The van der Waals surface area contributed by atoms with Crippen LogP contribution in [-0.2, 0) is 4.79 Å². The van der Waals surface area contributed by atoms with Crippen molar-refractivity contribution >= 4 is 23.5 Å². The minimum Gasteiger partial charge on any atom is -0.490 e. The summed E-state index contributed by atoms with van der Waals surface area (Å²) >= 11 is 1.49. The van der Waals surface area contributed by atoms with Crippen molar-refractivity contribution in [3.63, 3.8) is 0 Å². The molecule has 1 aromatic carbocycles. The molecule has 0 fully saturated rings. The first-order valence-corrected chi connectivity index (χ1v) is 9.33. The van der Waals surface area contributed by atoms with Gasteiger partial charge in [-0.3, -0.25) is 4.79 Å². The average Bonchev–Trinajstić information content (AvgIpc) is 2.92. The molecule has 3 rings (SSSR count). The van der Waals surface area contributed by atoms with Gasteiger partial charge in [-0.05, 0) is 39.0 Å². The molecule has 6 nitrogen and oxygen atoms in total. The van der Waals surface area contributed by atoms with Crippen molar-refractivity contribution in [2.24, 2.45) is 0 Å². The van der Waals surface area contributed by atoms with Gasteiger partial charge in [-0.1, -0.05) is 0 Å². The van der Waals surface area contributed by atoms with E-state index >= 15 is 0 Å². The first kappa shape index (κ1) is 17.7. The third-order valence-corrected chi connectivity index (χ3v) is 4.91. The van der Waals surface area contributed by atoms with Crippen LogP contribution in [0.5, 0.6) is 11.5 Å².